The zero-order valence-corrected chi connectivity index (χ0v) is 12.7. The molecule has 1 unspecified atom stereocenters. The van der Waals surface area contributed by atoms with Crippen molar-refractivity contribution in [3.8, 4) is 11.5 Å². The summed E-state index contributed by atoms with van der Waals surface area (Å²) < 4.78 is 32.7. The van der Waals surface area contributed by atoms with Gasteiger partial charge in [0.05, 0.1) is 0 Å². The fourth-order valence-electron chi connectivity index (χ4n) is 1.72. The van der Waals surface area contributed by atoms with Crippen LogP contribution < -0.4 is 10.1 Å². The van der Waals surface area contributed by atoms with Gasteiger partial charge in [-0.15, -0.1) is 0 Å². The first kappa shape index (κ1) is 14.9. The summed E-state index contributed by atoms with van der Waals surface area (Å²) in [5, 5.41) is 3.12. The van der Waals surface area contributed by atoms with Crippen LogP contribution in [0, 0.1) is 11.6 Å². The molecule has 1 atom stereocenters. The molecule has 0 heterocycles. The molecule has 5 heteroatoms. The first-order valence-electron chi connectivity index (χ1n) is 6.11. The molecular weight excluding hydrogens is 328 g/mol. The van der Waals surface area contributed by atoms with E-state index >= 15 is 0 Å². The Balaban J connectivity index is 2.22. The smallest absolute Gasteiger partial charge is 0.201 e. The fourth-order valence-corrected chi connectivity index (χ4v) is 2.13. The van der Waals surface area contributed by atoms with E-state index in [4.69, 9.17) is 4.74 Å². The summed E-state index contributed by atoms with van der Waals surface area (Å²) in [5.41, 5.74) is 1.08. The Kier molecular flexibility index (Phi) is 4.73. The Morgan fingerprint density at radius 2 is 1.80 bits per heavy atom. The summed E-state index contributed by atoms with van der Waals surface area (Å²) in [7, 11) is 1.87. The van der Waals surface area contributed by atoms with Gasteiger partial charge in [-0.3, -0.25) is 0 Å². The molecule has 106 valence electrons. The maximum Gasteiger partial charge on any atom is 0.201 e. The highest BCUT2D eigenvalue weighted by Gasteiger charge is 2.12. The monoisotopic (exact) mass is 341 g/mol. The molecule has 0 fully saturated rings. The van der Waals surface area contributed by atoms with Gasteiger partial charge >= 0.3 is 0 Å². The van der Waals surface area contributed by atoms with Gasteiger partial charge in [0.1, 0.15) is 5.75 Å². The highest BCUT2D eigenvalue weighted by atomic mass is 79.9. The Bertz CT molecular complexity index is 602. The average molecular weight is 342 g/mol. The zero-order valence-electron chi connectivity index (χ0n) is 11.1. The van der Waals surface area contributed by atoms with E-state index < -0.39 is 11.6 Å². The number of ether oxygens (including phenoxy) is 1. The molecule has 2 rings (SSSR count). The maximum atomic E-state index is 13.6. The molecule has 0 saturated heterocycles. The van der Waals surface area contributed by atoms with Crippen LogP contribution in [0.1, 0.15) is 18.5 Å². The lowest BCUT2D eigenvalue weighted by molar-refractivity contribution is 0.415. The van der Waals surface area contributed by atoms with Crippen molar-refractivity contribution in [2.45, 2.75) is 13.0 Å². The van der Waals surface area contributed by atoms with Gasteiger partial charge in [0, 0.05) is 10.5 Å². The molecule has 0 aliphatic carbocycles. The number of hydrogen-bond acceptors (Lipinski definition) is 2. The van der Waals surface area contributed by atoms with Crippen molar-refractivity contribution in [3.63, 3.8) is 0 Å². The summed E-state index contributed by atoms with van der Waals surface area (Å²) in [6, 6.07) is 9.86. The minimum Gasteiger partial charge on any atom is -0.454 e. The van der Waals surface area contributed by atoms with Gasteiger partial charge in [0.15, 0.2) is 11.6 Å². The lowest BCUT2D eigenvalue weighted by Gasteiger charge is -2.12. The van der Waals surface area contributed by atoms with Crippen molar-refractivity contribution in [3.05, 3.63) is 58.1 Å². The molecule has 2 nitrogen and oxygen atoms in total. The van der Waals surface area contributed by atoms with Gasteiger partial charge in [-0.1, -0.05) is 28.1 Å². The molecule has 0 amide bonds. The standard InChI is InChI=1S/C15H14BrF2NO/c1-9(19-2)10-3-5-12(6-4-10)20-14-8-11(16)7-13(17)15(14)18/h3-9,19H,1-2H3. The van der Waals surface area contributed by atoms with Gasteiger partial charge < -0.3 is 10.1 Å². The van der Waals surface area contributed by atoms with Crippen LogP contribution in [0.4, 0.5) is 8.78 Å². The minimum absolute atomic E-state index is 0.147. The van der Waals surface area contributed by atoms with Crippen LogP contribution >= 0.6 is 15.9 Å². The van der Waals surface area contributed by atoms with Crippen LogP contribution in [0.5, 0.6) is 11.5 Å². The lowest BCUT2D eigenvalue weighted by atomic mass is 10.1. The molecular formula is C15H14BrF2NO. The molecule has 0 saturated carbocycles. The van der Waals surface area contributed by atoms with E-state index in [0.29, 0.717) is 10.2 Å². The Morgan fingerprint density at radius 3 is 2.40 bits per heavy atom. The highest BCUT2D eigenvalue weighted by Crippen LogP contribution is 2.30. The van der Waals surface area contributed by atoms with E-state index in [9.17, 15) is 8.78 Å². The molecule has 0 bridgehead atoms. The summed E-state index contributed by atoms with van der Waals surface area (Å²) >= 11 is 3.11. The van der Waals surface area contributed by atoms with Gasteiger partial charge in [0.25, 0.3) is 0 Å². The summed E-state index contributed by atoms with van der Waals surface area (Å²) in [6.45, 7) is 2.03. The second kappa shape index (κ2) is 6.33. The second-order valence-corrected chi connectivity index (χ2v) is 5.30. The first-order valence-corrected chi connectivity index (χ1v) is 6.90. The normalized spacial score (nSPS) is 12.2. The van der Waals surface area contributed by atoms with Gasteiger partial charge in [-0.25, -0.2) is 4.39 Å². The third kappa shape index (κ3) is 3.35. The number of benzene rings is 2. The zero-order chi connectivity index (χ0) is 14.7. The quantitative estimate of drug-likeness (QED) is 0.806. The lowest BCUT2D eigenvalue weighted by Crippen LogP contribution is -2.11. The highest BCUT2D eigenvalue weighted by molar-refractivity contribution is 9.10. The molecule has 0 aliphatic rings. The SMILES string of the molecule is CNC(C)c1ccc(Oc2cc(Br)cc(F)c2F)cc1. The van der Waals surface area contributed by atoms with Crippen molar-refractivity contribution in [1.29, 1.82) is 0 Å². The molecule has 0 aromatic heterocycles. The third-order valence-electron chi connectivity index (χ3n) is 3.00. The second-order valence-electron chi connectivity index (χ2n) is 4.38. The molecule has 2 aromatic rings. The van der Waals surface area contributed by atoms with Crippen molar-refractivity contribution in [1.82, 2.24) is 5.32 Å². The number of halogens is 3. The van der Waals surface area contributed by atoms with Gasteiger partial charge in [0.2, 0.25) is 5.82 Å². The van der Waals surface area contributed by atoms with E-state index in [1.807, 2.05) is 26.1 Å². The van der Waals surface area contributed by atoms with E-state index in [1.54, 1.807) is 12.1 Å². The van der Waals surface area contributed by atoms with E-state index in [-0.39, 0.29) is 11.8 Å². The summed E-state index contributed by atoms with van der Waals surface area (Å²) in [6.07, 6.45) is 0. The number of rotatable bonds is 4. The number of nitrogens with one attached hydrogen (secondary N) is 1. The van der Waals surface area contributed by atoms with Crippen molar-refractivity contribution < 1.29 is 13.5 Å². The molecule has 0 spiro atoms. The van der Waals surface area contributed by atoms with Crippen LogP contribution in [-0.2, 0) is 0 Å². The van der Waals surface area contributed by atoms with E-state index in [1.165, 1.54) is 6.07 Å². The largest absolute Gasteiger partial charge is 0.454 e. The van der Waals surface area contributed by atoms with E-state index in [0.717, 1.165) is 11.6 Å². The van der Waals surface area contributed by atoms with E-state index in [2.05, 4.69) is 21.2 Å². The van der Waals surface area contributed by atoms with Crippen LogP contribution in [0.25, 0.3) is 0 Å². The molecule has 1 N–H and O–H groups in total. The van der Waals surface area contributed by atoms with Gasteiger partial charge in [-0.2, -0.15) is 4.39 Å². The van der Waals surface area contributed by atoms with Crippen LogP contribution in [0.3, 0.4) is 0 Å². The first-order chi connectivity index (χ1) is 9.51. The van der Waals surface area contributed by atoms with Crippen molar-refractivity contribution >= 4 is 15.9 Å². The predicted molar refractivity (Wildman–Crippen MR) is 78.0 cm³/mol. The fraction of sp³-hybridized carbons (Fsp3) is 0.200. The molecule has 2 aromatic carbocycles. The third-order valence-corrected chi connectivity index (χ3v) is 3.46. The van der Waals surface area contributed by atoms with Crippen LogP contribution in [-0.4, -0.2) is 7.05 Å². The Hall–Kier alpha value is -1.46. The number of hydrogen-bond donors (Lipinski definition) is 1. The summed E-state index contributed by atoms with van der Waals surface area (Å²) in [5.74, 6) is -1.64. The van der Waals surface area contributed by atoms with Crippen LogP contribution in [0.2, 0.25) is 0 Å². The van der Waals surface area contributed by atoms with Crippen molar-refractivity contribution in [2.24, 2.45) is 0 Å². The minimum atomic E-state index is -0.999. The predicted octanol–water partition coefficient (Wildman–Crippen LogP) is 4.80. The summed E-state index contributed by atoms with van der Waals surface area (Å²) in [4.78, 5) is 0. The Morgan fingerprint density at radius 1 is 1.15 bits per heavy atom. The average Bonchev–Trinajstić information content (AvgIpc) is 2.44. The maximum absolute atomic E-state index is 13.6. The van der Waals surface area contributed by atoms with Gasteiger partial charge in [-0.05, 0) is 43.8 Å². The molecule has 0 radical (unpaired) electrons. The van der Waals surface area contributed by atoms with Crippen LogP contribution in [0.15, 0.2) is 40.9 Å². The molecule has 0 aliphatic heterocycles. The Labute approximate surface area is 124 Å². The topological polar surface area (TPSA) is 21.3 Å². The molecule has 20 heavy (non-hydrogen) atoms. The van der Waals surface area contributed by atoms with Crippen molar-refractivity contribution in [2.75, 3.05) is 7.05 Å².